The van der Waals surface area contributed by atoms with Gasteiger partial charge in [0.15, 0.2) is 5.82 Å². The SMILES string of the molecule is CCOc1ccccc1NC(=O)C(Sc1n[nH]c(-c2ccc(C)cc2)n1)c1ccccc1. The Morgan fingerprint density at radius 3 is 2.50 bits per heavy atom. The molecule has 7 heteroatoms. The van der Waals surface area contributed by atoms with Gasteiger partial charge in [0.2, 0.25) is 11.1 Å². The van der Waals surface area contributed by atoms with Crippen LogP contribution in [0.2, 0.25) is 0 Å². The van der Waals surface area contributed by atoms with Gasteiger partial charge in [0, 0.05) is 5.56 Å². The normalized spacial score (nSPS) is 11.7. The van der Waals surface area contributed by atoms with Crippen molar-refractivity contribution in [2.75, 3.05) is 11.9 Å². The highest BCUT2D eigenvalue weighted by Crippen LogP contribution is 2.36. The fraction of sp³-hybridized carbons (Fsp3) is 0.160. The fourth-order valence-electron chi connectivity index (χ4n) is 3.20. The Morgan fingerprint density at radius 2 is 1.75 bits per heavy atom. The van der Waals surface area contributed by atoms with Gasteiger partial charge in [0.05, 0.1) is 12.3 Å². The molecule has 1 unspecified atom stereocenters. The maximum atomic E-state index is 13.3. The molecule has 0 spiro atoms. The summed E-state index contributed by atoms with van der Waals surface area (Å²) in [5, 5.41) is 10.3. The summed E-state index contributed by atoms with van der Waals surface area (Å²) in [6.07, 6.45) is 0. The van der Waals surface area contributed by atoms with Gasteiger partial charge in [-0.1, -0.05) is 84.1 Å². The minimum Gasteiger partial charge on any atom is -0.492 e. The van der Waals surface area contributed by atoms with Crippen molar-refractivity contribution in [3.05, 3.63) is 90.0 Å². The van der Waals surface area contributed by atoms with Crippen LogP contribution in [0.4, 0.5) is 5.69 Å². The molecule has 0 aliphatic carbocycles. The monoisotopic (exact) mass is 444 g/mol. The van der Waals surface area contributed by atoms with Crippen LogP contribution in [-0.4, -0.2) is 27.7 Å². The number of aromatic amines is 1. The number of thioether (sulfide) groups is 1. The van der Waals surface area contributed by atoms with Crippen LogP contribution in [0, 0.1) is 6.92 Å². The first kappa shape index (κ1) is 21.6. The number of ether oxygens (including phenoxy) is 1. The molecule has 0 fully saturated rings. The number of nitrogens with zero attached hydrogens (tertiary/aromatic N) is 2. The molecule has 0 aliphatic rings. The van der Waals surface area contributed by atoms with E-state index in [1.165, 1.54) is 17.3 Å². The van der Waals surface area contributed by atoms with Crippen molar-refractivity contribution in [1.29, 1.82) is 0 Å². The van der Waals surface area contributed by atoms with Crippen LogP contribution in [-0.2, 0) is 4.79 Å². The summed E-state index contributed by atoms with van der Waals surface area (Å²) in [5.74, 6) is 1.14. The number of aryl methyl sites for hydroxylation is 1. The third-order valence-corrected chi connectivity index (χ3v) is 5.91. The summed E-state index contributed by atoms with van der Waals surface area (Å²) in [6.45, 7) is 4.47. The van der Waals surface area contributed by atoms with Gasteiger partial charge in [-0.05, 0) is 31.5 Å². The molecule has 4 rings (SSSR count). The number of H-pyrrole nitrogens is 1. The average Bonchev–Trinajstić information content (AvgIpc) is 3.29. The Bertz CT molecular complexity index is 1180. The highest BCUT2D eigenvalue weighted by Gasteiger charge is 2.25. The van der Waals surface area contributed by atoms with E-state index in [1.54, 1.807) is 0 Å². The number of hydrogen-bond acceptors (Lipinski definition) is 5. The lowest BCUT2D eigenvalue weighted by Crippen LogP contribution is -2.19. The van der Waals surface area contributed by atoms with E-state index < -0.39 is 5.25 Å². The van der Waals surface area contributed by atoms with Gasteiger partial charge in [-0.25, -0.2) is 4.98 Å². The first-order valence-corrected chi connectivity index (χ1v) is 11.3. The molecule has 0 saturated carbocycles. The van der Waals surface area contributed by atoms with Crippen LogP contribution < -0.4 is 10.1 Å². The van der Waals surface area contributed by atoms with E-state index in [0.717, 1.165) is 11.1 Å². The number of anilines is 1. The van der Waals surface area contributed by atoms with Gasteiger partial charge in [-0.3, -0.25) is 9.89 Å². The Hall–Kier alpha value is -3.58. The van der Waals surface area contributed by atoms with E-state index in [0.29, 0.717) is 29.0 Å². The molecule has 0 radical (unpaired) electrons. The third kappa shape index (κ3) is 5.18. The van der Waals surface area contributed by atoms with Crippen molar-refractivity contribution in [3.8, 4) is 17.1 Å². The molecule has 32 heavy (non-hydrogen) atoms. The maximum absolute atomic E-state index is 13.3. The third-order valence-electron chi connectivity index (χ3n) is 4.80. The smallest absolute Gasteiger partial charge is 0.242 e. The van der Waals surface area contributed by atoms with E-state index >= 15 is 0 Å². The molecule has 2 N–H and O–H groups in total. The molecule has 1 amide bonds. The molecule has 4 aromatic rings. The second kappa shape index (κ2) is 10.2. The number of rotatable bonds is 8. The van der Waals surface area contributed by atoms with Crippen LogP contribution in [0.15, 0.2) is 84.0 Å². The molecular formula is C25H24N4O2S. The van der Waals surface area contributed by atoms with Gasteiger partial charge in [0.25, 0.3) is 0 Å². The summed E-state index contributed by atoms with van der Waals surface area (Å²) in [5.41, 5.74) is 3.62. The van der Waals surface area contributed by atoms with Crippen molar-refractivity contribution in [1.82, 2.24) is 15.2 Å². The van der Waals surface area contributed by atoms with E-state index in [1.807, 2.05) is 92.7 Å². The number of nitrogens with one attached hydrogen (secondary N) is 2. The second-order valence-electron chi connectivity index (χ2n) is 7.16. The van der Waals surface area contributed by atoms with Crippen LogP contribution in [0.5, 0.6) is 5.75 Å². The number of hydrogen-bond donors (Lipinski definition) is 2. The number of carbonyl (C=O) groups is 1. The number of aromatic nitrogens is 3. The molecule has 1 aromatic heterocycles. The Labute approximate surface area is 191 Å². The van der Waals surface area contributed by atoms with Gasteiger partial charge in [-0.2, -0.15) is 0 Å². The first-order chi connectivity index (χ1) is 15.6. The van der Waals surface area contributed by atoms with Crippen LogP contribution in [0.25, 0.3) is 11.4 Å². The number of amides is 1. The number of benzene rings is 3. The van der Waals surface area contributed by atoms with E-state index in [-0.39, 0.29) is 5.91 Å². The summed E-state index contributed by atoms with van der Waals surface area (Å²) >= 11 is 1.30. The lowest BCUT2D eigenvalue weighted by Gasteiger charge is -2.17. The highest BCUT2D eigenvalue weighted by molar-refractivity contribution is 8.00. The average molecular weight is 445 g/mol. The number of carbonyl (C=O) groups excluding carboxylic acids is 1. The first-order valence-electron chi connectivity index (χ1n) is 10.4. The van der Waals surface area contributed by atoms with Crippen LogP contribution in [0.1, 0.15) is 23.3 Å². The van der Waals surface area contributed by atoms with Crippen LogP contribution in [0.3, 0.4) is 0 Å². The zero-order valence-electron chi connectivity index (χ0n) is 17.9. The highest BCUT2D eigenvalue weighted by atomic mass is 32.2. The van der Waals surface area contributed by atoms with Crippen molar-refractivity contribution in [2.45, 2.75) is 24.3 Å². The zero-order chi connectivity index (χ0) is 22.3. The molecule has 3 aromatic carbocycles. The summed E-state index contributed by atoms with van der Waals surface area (Å²) in [7, 11) is 0. The maximum Gasteiger partial charge on any atom is 0.242 e. The predicted octanol–water partition coefficient (Wildman–Crippen LogP) is 5.65. The summed E-state index contributed by atoms with van der Waals surface area (Å²) in [4.78, 5) is 17.9. The van der Waals surface area contributed by atoms with Gasteiger partial charge in [-0.15, -0.1) is 5.10 Å². The molecule has 1 atom stereocenters. The van der Waals surface area contributed by atoms with Gasteiger partial charge < -0.3 is 10.1 Å². The Kier molecular flexibility index (Phi) is 6.87. The second-order valence-corrected chi connectivity index (χ2v) is 8.23. The van der Waals surface area contributed by atoms with E-state index in [2.05, 4.69) is 20.5 Å². The largest absolute Gasteiger partial charge is 0.492 e. The Morgan fingerprint density at radius 1 is 1.03 bits per heavy atom. The molecule has 0 bridgehead atoms. The molecule has 162 valence electrons. The molecular weight excluding hydrogens is 420 g/mol. The fourth-order valence-corrected chi connectivity index (χ4v) is 4.11. The van der Waals surface area contributed by atoms with E-state index in [9.17, 15) is 4.79 Å². The quantitative estimate of drug-likeness (QED) is 0.343. The van der Waals surface area contributed by atoms with Crippen molar-refractivity contribution in [3.63, 3.8) is 0 Å². The Balaban J connectivity index is 1.58. The van der Waals surface area contributed by atoms with Gasteiger partial charge in [0.1, 0.15) is 11.0 Å². The van der Waals surface area contributed by atoms with Crippen molar-refractivity contribution >= 4 is 23.4 Å². The molecule has 0 saturated heterocycles. The molecule has 1 heterocycles. The molecule has 0 aliphatic heterocycles. The van der Waals surface area contributed by atoms with Crippen LogP contribution >= 0.6 is 11.8 Å². The minimum absolute atomic E-state index is 0.171. The van der Waals surface area contributed by atoms with Crippen molar-refractivity contribution in [2.24, 2.45) is 0 Å². The minimum atomic E-state index is -0.535. The lowest BCUT2D eigenvalue weighted by atomic mass is 10.1. The standard InChI is InChI=1S/C25H24N4O2S/c1-3-31-21-12-8-7-11-20(21)26-24(30)22(18-9-5-4-6-10-18)32-25-27-23(28-29-25)19-15-13-17(2)14-16-19/h4-16,22H,3H2,1-2H3,(H,26,30)(H,27,28,29). The summed E-state index contributed by atoms with van der Waals surface area (Å²) in [6, 6.07) is 25.1. The predicted molar refractivity (Wildman–Crippen MR) is 128 cm³/mol. The number of para-hydroxylation sites is 2. The zero-order valence-corrected chi connectivity index (χ0v) is 18.7. The van der Waals surface area contributed by atoms with Gasteiger partial charge >= 0.3 is 0 Å². The lowest BCUT2D eigenvalue weighted by molar-refractivity contribution is -0.115. The van der Waals surface area contributed by atoms with Crippen molar-refractivity contribution < 1.29 is 9.53 Å². The summed E-state index contributed by atoms with van der Waals surface area (Å²) < 4.78 is 5.65. The molecule has 6 nitrogen and oxygen atoms in total. The topological polar surface area (TPSA) is 79.9 Å². The van der Waals surface area contributed by atoms with E-state index in [4.69, 9.17) is 4.74 Å².